The van der Waals surface area contributed by atoms with E-state index < -0.39 is 25.0 Å². The smallest absolute Gasteiger partial charge is 0.258 e. The molecule has 0 saturated heterocycles. The summed E-state index contributed by atoms with van der Waals surface area (Å²) < 4.78 is 33.7. The molecule has 8 heteroatoms. The lowest BCUT2D eigenvalue weighted by molar-refractivity contribution is -0.384. The maximum absolute atomic E-state index is 11.9. The topological polar surface area (TPSA) is 77.3 Å². The van der Waals surface area contributed by atoms with Crippen LogP contribution >= 0.6 is 11.2 Å². The SMILES string of the molecule is O=[N+]([O-])c1ccc(S(=O)(=O)SF)cc1. The van der Waals surface area contributed by atoms with Gasteiger partial charge in [0.25, 0.3) is 14.6 Å². The number of benzene rings is 1. The number of rotatable bonds is 3. The highest BCUT2D eigenvalue weighted by Crippen LogP contribution is 2.25. The van der Waals surface area contributed by atoms with Gasteiger partial charge in [0.05, 0.1) is 9.82 Å². The van der Waals surface area contributed by atoms with Crippen molar-refractivity contribution in [2.45, 2.75) is 4.90 Å². The van der Waals surface area contributed by atoms with Gasteiger partial charge < -0.3 is 0 Å². The molecule has 0 saturated carbocycles. The summed E-state index contributed by atoms with van der Waals surface area (Å²) in [6.07, 6.45) is 0. The van der Waals surface area contributed by atoms with Crippen molar-refractivity contribution < 1.29 is 17.2 Å². The fraction of sp³-hybridized carbons (Fsp3) is 0. The van der Waals surface area contributed by atoms with Crippen LogP contribution < -0.4 is 0 Å². The van der Waals surface area contributed by atoms with Crippen LogP contribution in [0.2, 0.25) is 0 Å². The van der Waals surface area contributed by atoms with E-state index in [1.807, 2.05) is 0 Å². The van der Waals surface area contributed by atoms with E-state index in [-0.39, 0.29) is 10.6 Å². The molecule has 5 nitrogen and oxygen atoms in total. The Morgan fingerprint density at radius 3 is 2.14 bits per heavy atom. The molecule has 0 spiro atoms. The normalized spacial score (nSPS) is 11.2. The van der Waals surface area contributed by atoms with Crippen molar-refractivity contribution in [3.8, 4) is 0 Å². The first-order valence-electron chi connectivity index (χ1n) is 3.27. The van der Waals surface area contributed by atoms with Gasteiger partial charge in [0.15, 0.2) is 11.2 Å². The van der Waals surface area contributed by atoms with E-state index in [4.69, 9.17) is 0 Å². The van der Waals surface area contributed by atoms with Crippen LogP contribution in [-0.2, 0) is 8.87 Å². The maximum Gasteiger partial charge on any atom is 0.269 e. The third kappa shape index (κ3) is 2.20. The molecule has 0 bridgehead atoms. The number of nitrogens with zero attached hydrogens (tertiary/aromatic N) is 1. The van der Waals surface area contributed by atoms with E-state index in [2.05, 4.69) is 0 Å². The molecule has 0 radical (unpaired) electrons. The summed E-state index contributed by atoms with van der Waals surface area (Å²) in [6.45, 7) is 0. The van der Waals surface area contributed by atoms with Gasteiger partial charge in [0.1, 0.15) is 0 Å². The van der Waals surface area contributed by atoms with Gasteiger partial charge in [-0.15, -0.1) is 3.89 Å². The average Bonchev–Trinajstić information content (AvgIpc) is 2.18. The molecule has 0 aromatic heterocycles. The molecule has 0 heterocycles. The van der Waals surface area contributed by atoms with Crippen molar-refractivity contribution in [1.29, 1.82) is 0 Å². The Bertz CT molecular complexity index is 441. The summed E-state index contributed by atoms with van der Waals surface area (Å²) in [5, 5.41) is 10.2. The predicted octanol–water partition coefficient (Wildman–Crippen LogP) is 1.90. The van der Waals surface area contributed by atoms with E-state index in [1.54, 1.807) is 0 Å². The highest BCUT2D eigenvalue weighted by molar-refractivity contribution is 8.69. The highest BCUT2D eigenvalue weighted by Gasteiger charge is 2.16. The Balaban J connectivity index is 3.12. The van der Waals surface area contributed by atoms with Crippen molar-refractivity contribution in [2.75, 3.05) is 0 Å². The van der Waals surface area contributed by atoms with Crippen molar-refractivity contribution >= 4 is 25.7 Å². The Hall–Kier alpha value is -1.15. The zero-order chi connectivity index (χ0) is 10.8. The van der Waals surface area contributed by atoms with Crippen LogP contribution in [0.25, 0.3) is 0 Å². The maximum atomic E-state index is 11.9. The molecule has 1 rings (SSSR count). The lowest BCUT2D eigenvalue weighted by atomic mass is 10.3. The van der Waals surface area contributed by atoms with Crippen molar-refractivity contribution in [2.24, 2.45) is 0 Å². The van der Waals surface area contributed by atoms with Crippen LogP contribution in [-0.4, -0.2) is 13.3 Å². The van der Waals surface area contributed by atoms with Crippen LogP contribution in [0.5, 0.6) is 0 Å². The number of hydrogen-bond acceptors (Lipinski definition) is 5. The second kappa shape index (κ2) is 3.93. The summed E-state index contributed by atoms with van der Waals surface area (Å²) >= 11 is -0.803. The third-order valence-electron chi connectivity index (χ3n) is 1.42. The molecule has 0 fully saturated rings. The summed E-state index contributed by atoms with van der Waals surface area (Å²) in [7, 11) is -4.01. The first kappa shape index (κ1) is 10.9. The van der Waals surface area contributed by atoms with Crippen molar-refractivity contribution in [3.05, 3.63) is 34.4 Å². The first-order chi connectivity index (χ1) is 6.47. The summed E-state index contributed by atoms with van der Waals surface area (Å²) in [4.78, 5) is 9.24. The lowest BCUT2D eigenvalue weighted by Crippen LogP contribution is -1.93. The Morgan fingerprint density at radius 1 is 1.29 bits per heavy atom. The zero-order valence-corrected chi connectivity index (χ0v) is 8.22. The molecule has 0 atom stereocenters. The lowest BCUT2D eigenvalue weighted by Gasteiger charge is -1.96. The van der Waals surface area contributed by atoms with Crippen LogP contribution in [0.15, 0.2) is 29.2 Å². The second-order valence-electron chi connectivity index (χ2n) is 2.27. The Morgan fingerprint density at radius 2 is 1.79 bits per heavy atom. The molecule has 0 N–H and O–H groups in total. The number of non-ortho nitro benzene ring substituents is 1. The van der Waals surface area contributed by atoms with E-state index in [0.29, 0.717) is 0 Å². The molecule has 0 unspecified atom stereocenters. The molecule has 1 aromatic carbocycles. The Kier molecular flexibility index (Phi) is 3.06. The minimum atomic E-state index is -4.01. The van der Waals surface area contributed by atoms with Gasteiger partial charge in [0, 0.05) is 12.1 Å². The largest absolute Gasteiger partial charge is 0.269 e. The molecule has 14 heavy (non-hydrogen) atoms. The van der Waals surface area contributed by atoms with Crippen LogP contribution in [0.1, 0.15) is 0 Å². The van der Waals surface area contributed by atoms with Crippen LogP contribution in [0.3, 0.4) is 0 Å². The third-order valence-corrected chi connectivity index (χ3v) is 3.51. The monoisotopic (exact) mass is 237 g/mol. The standard InChI is InChI=1S/C6H4FNO4S2/c7-13-14(11,12)6-3-1-5(2-4-6)8(9)10/h1-4H. The highest BCUT2D eigenvalue weighted by atomic mass is 33.2. The predicted molar refractivity (Wildman–Crippen MR) is 49.0 cm³/mol. The van der Waals surface area contributed by atoms with Crippen molar-refractivity contribution in [1.82, 2.24) is 0 Å². The molecule has 1 aromatic rings. The van der Waals surface area contributed by atoms with Gasteiger partial charge in [-0.2, -0.15) is 0 Å². The average molecular weight is 237 g/mol. The Labute approximate surface area is 82.7 Å². The fourth-order valence-corrected chi connectivity index (χ4v) is 1.86. The number of hydrogen-bond donors (Lipinski definition) is 0. The van der Waals surface area contributed by atoms with E-state index in [1.165, 1.54) is 0 Å². The van der Waals surface area contributed by atoms with Crippen LogP contribution in [0, 0.1) is 10.1 Å². The summed E-state index contributed by atoms with van der Waals surface area (Å²) in [5.74, 6) is 0. The molecule has 0 amide bonds. The minimum Gasteiger partial charge on any atom is -0.258 e. The number of halogens is 1. The van der Waals surface area contributed by atoms with Gasteiger partial charge in [-0.3, -0.25) is 10.1 Å². The quantitative estimate of drug-likeness (QED) is 0.456. The van der Waals surface area contributed by atoms with E-state index in [9.17, 15) is 22.4 Å². The number of nitro benzene ring substituents is 1. The first-order valence-corrected chi connectivity index (χ1v) is 5.99. The van der Waals surface area contributed by atoms with Crippen molar-refractivity contribution in [3.63, 3.8) is 0 Å². The van der Waals surface area contributed by atoms with E-state index >= 15 is 0 Å². The van der Waals surface area contributed by atoms with Gasteiger partial charge >= 0.3 is 0 Å². The van der Waals surface area contributed by atoms with E-state index in [0.717, 1.165) is 24.3 Å². The molecule has 0 aliphatic heterocycles. The van der Waals surface area contributed by atoms with Gasteiger partial charge in [-0.25, -0.2) is 8.42 Å². The molecular formula is C6H4FNO4S2. The molecular weight excluding hydrogens is 233 g/mol. The summed E-state index contributed by atoms with van der Waals surface area (Å²) in [5.41, 5.74) is -0.243. The second-order valence-corrected chi connectivity index (χ2v) is 5.47. The zero-order valence-electron chi connectivity index (χ0n) is 6.58. The number of nitro groups is 1. The molecule has 0 aliphatic carbocycles. The van der Waals surface area contributed by atoms with Gasteiger partial charge in [-0.1, -0.05) is 0 Å². The molecule has 0 aliphatic rings. The van der Waals surface area contributed by atoms with Gasteiger partial charge in [-0.05, 0) is 12.1 Å². The van der Waals surface area contributed by atoms with Crippen LogP contribution in [0.4, 0.5) is 9.57 Å². The fourth-order valence-electron chi connectivity index (χ4n) is 0.771. The minimum absolute atomic E-state index is 0.243. The molecule has 76 valence electrons. The van der Waals surface area contributed by atoms with Gasteiger partial charge in [0.2, 0.25) is 0 Å². The summed E-state index contributed by atoms with van der Waals surface area (Å²) in [6, 6.07) is 3.98.